The normalized spacial score (nSPS) is 16.2. The fourth-order valence-electron chi connectivity index (χ4n) is 1.44. The van der Waals surface area contributed by atoms with Gasteiger partial charge in [-0.25, -0.2) is 9.89 Å². The zero-order valence-corrected chi connectivity index (χ0v) is 11.3. The maximum absolute atomic E-state index is 11.2. The minimum absolute atomic E-state index is 0.181. The molecule has 6 nitrogen and oxygen atoms in total. The summed E-state index contributed by atoms with van der Waals surface area (Å²) < 4.78 is 1.46. The highest BCUT2D eigenvalue weighted by molar-refractivity contribution is 7.99. The van der Waals surface area contributed by atoms with Crippen molar-refractivity contribution in [3.05, 3.63) is 10.5 Å². The maximum Gasteiger partial charge on any atom is 0.343 e. The minimum atomic E-state index is -0.554. The third kappa shape index (κ3) is 3.35. The molecule has 0 fully saturated rings. The van der Waals surface area contributed by atoms with Crippen LogP contribution in [-0.4, -0.2) is 32.6 Å². The number of rotatable bonds is 5. The van der Waals surface area contributed by atoms with Gasteiger partial charge >= 0.3 is 5.69 Å². The lowest BCUT2D eigenvalue weighted by molar-refractivity contribution is 0.455. The van der Waals surface area contributed by atoms with Crippen molar-refractivity contribution in [2.45, 2.75) is 36.2 Å². The first-order chi connectivity index (χ1) is 7.91. The van der Waals surface area contributed by atoms with E-state index in [9.17, 15) is 4.79 Å². The topological polar surface area (TPSA) is 86.5 Å². The second kappa shape index (κ2) is 5.38. The molecule has 0 spiro atoms. The molecule has 7 heteroatoms. The summed E-state index contributed by atoms with van der Waals surface area (Å²) in [5, 5.41) is 19.2. The van der Waals surface area contributed by atoms with Crippen LogP contribution < -0.4 is 11.0 Å². The highest BCUT2D eigenvalue weighted by Gasteiger charge is 2.25. The van der Waals surface area contributed by atoms with E-state index in [0.29, 0.717) is 11.6 Å². The summed E-state index contributed by atoms with van der Waals surface area (Å²) in [6.45, 7) is 3.87. The Hall–Kier alpha value is -1.26. The Morgan fingerprint density at radius 1 is 1.76 bits per heavy atom. The number of nitriles is 1. The monoisotopic (exact) mass is 255 g/mol. The van der Waals surface area contributed by atoms with Gasteiger partial charge < -0.3 is 5.32 Å². The number of aromatic amines is 1. The fourth-order valence-corrected chi connectivity index (χ4v) is 2.55. The summed E-state index contributed by atoms with van der Waals surface area (Å²) in [5.41, 5.74) is -0.780. The Balaban J connectivity index is 2.68. The summed E-state index contributed by atoms with van der Waals surface area (Å²) in [5.74, 6) is 0. The van der Waals surface area contributed by atoms with Gasteiger partial charge in [0.25, 0.3) is 0 Å². The fraction of sp³-hybridized carbons (Fsp3) is 0.700. The molecule has 1 heterocycles. The molecule has 1 rings (SSSR count). The Morgan fingerprint density at radius 3 is 2.82 bits per heavy atom. The number of nitrogens with one attached hydrogen (secondary N) is 2. The zero-order chi connectivity index (χ0) is 13.1. The van der Waals surface area contributed by atoms with E-state index in [4.69, 9.17) is 5.26 Å². The van der Waals surface area contributed by atoms with Gasteiger partial charge in [-0.3, -0.25) is 4.57 Å². The molecule has 0 aliphatic carbocycles. The van der Waals surface area contributed by atoms with Crippen LogP contribution in [-0.2, 0) is 7.05 Å². The van der Waals surface area contributed by atoms with Crippen molar-refractivity contribution in [3.8, 4) is 6.07 Å². The summed E-state index contributed by atoms with van der Waals surface area (Å²) in [6, 6.07) is 2.24. The van der Waals surface area contributed by atoms with E-state index in [1.54, 1.807) is 14.1 Å². The van der Waals surface area contributed by atoms with E-state index in [1.165, 1.54) is 16.3 Å². The Morgan fingerprint density at radius 2 is 2.41 bits per heavy atom. The van der Waals surface area contributed by atoms with Crippen LogP contribution >= 0.6 is 11.8 Å². The van der Waals surface area contributed by atoms with Gasteiger partial charge in [0.15, 0.2) is 5.16 Å². The molecule has 1 aromatic rings. The van der Waals surface area contributed by atoms with Gasteiger partial charge in [0, 0.05) is 12.3 Å². The van der Waals surface area contributed by atoms with Crippen LogP contribution in [0.25, 0.3) is 0 Å². The van der Waals surface area contributed by atoms with Crippen LogP contribution in [0, 0.1) is 11.3 Å². The highest BCUT2D eigenvalue weighted by Crippen LogP contribution is 2.25. The Bertz CT molecular complexity index is 474. The molecule has 0 amide bonds. The van der Waals surface area contributed by atoms with Gasteiger partial charge in [0.1, 0.15) is 5.54 Å². The second-order valence-electron chi connectivity index (χ2n) is 4.20. The van der Waals surface area contributed by atoms with Crippen molar-refractivity contribution < 1.29 is 0 Å². The lowest BCUT2D eigenvalue weighted by Crippen LogP contribution is -2.40. The third-order valence-corrected chi connectivity index (χ3v) is 3.78. The lowest BCUT2D eigenvalue weighted by atomic mass is 9.98. The van der Waals surface area contributed by atoms with Crippen molar-refractivity contribution in [1.82, 2.24) is 20.1 Å². The number of hydrogen-bond donors (Lipinski definition) is 2. The average molecular weight is 255 g/mol. The van der Waals surface area contributed by atoms with Crippen molar-refractivity contribution in [2.75, 3.05) is 7.05 Å². The van der Waals surface area contributed by atoms with Gasteiger partial charge in [0.05, 0.1) is 6.07 Å². The van der Waals surface area contributed by atoms with Crippen LogP contribution in [0.3, 0.4) is 0 Å². The molecule has 2 unspecified atom stereocenters. The summed E-state index contributed by atoms with van der Waals surface area (Å²) in [7, 11) is 3.44. The van der Waals surface area contributed by atoms with Gasteiger partial charge in [-0.15, -0.1) is 5.10 Å². The second-order valence-corrected chi connectivity index (χ2v) is 5.60. The molecule has 2 atom stereocenters. The van der Waals surface area contributed by atoms with Crippen molar-refractivity contribution >= 4 is 11.8 Å². The molecule has 0 aromatic carbocycles. The smallest absolute Gasteiger partial charge is 0.303 e. The molecule has 94 valence electrons. The lowest BCUT2D eigenvalue weighted by Gasteiger charge is -2.23. The highest BCUT2D eigenvalue weighted by atomic mass is 32.2. The van der Waals surface area contributed by atoms with E-state index in [-0.39, 0.29) is 10.9 Å². The van der Waals surface area contributed by atoms with Gasteiger partial charge in [0.2, 0.25) is 0 Å². The number of thioether (sulfide) groups is 1. The minimum Gasteiger partial charge on any atom is -0.303 e. The predicted molar refractivity (Wildman–Crippen MR) is 66.8 cm³/mol. The van der Waals surface area contributed by atoms with Crippen molar-refractivity contribution in [1.29, 1.82) is 5.26 Å². The molecular formula is C10H17N5OS. The van der Waals surface area contributed by atoms with Gasteiger partial charge in [-0.1, -0.05) is 18.7 Å². The standard InChI is InChI=1S/C10H17N5OS/c1-7(5-10(2,6-11)12-3)17-9-14-13-8(16)15(9)4/h7,12H,5H2,1-4H3,(H,13,16). The maximum atomic E-state index is 11.2. The molecule has 17 heavy (non-hydrogen) atoms. The van der Waals surface area contributed by atoms with E-state index < -0.39 is 5.54 Å². The summed E-state index contributed by atoms with van der Waals surface area (Å²) in [6.07, 6.45) is 0.672. The first kappa shape index (κ1) is 13.8. The van der Waals surface area contributed by atoms with Crippen LogP contribution in [0.2, 0.25) is 0 Å². The predicted octanol–water partition coefficient (Wildman–Crippen LogP) is 0.481. The van der Waals surface area contributed by atoms with Crippen LogP contribution in [0.1, 0.15) is 20.3 Å². The first-order valence-electron chi connectivity index (χ1n) is 5.30. The Kier molecular flexibility index (Phi) is 4.37. The molecule has 2 N–H and O–H groups in total. The molecular weight excluding hydrogens is 238 g/mol. The first-order valence-corrected chi connectivity index (χ1v) is 6.18. The number of H-pyrrole nitrogens is 1. The number of aromatic nitrogens is 3. The van der Waals surface area contributed by atoms with E-state index >= 15 is 0 Å². The Labute approximate surface area is 104 Å². The van der Waals surface area contributed by atoms with E-state index in [2.05, 4.69) is 21.6 Å². The van der Waals surface area contributed by atoms with Crippen LogP contribution in [0.15, 0.2) is 9.95 Å². The van der Waals surface area contributed by atoms with E-state index in [0.717, 1.165) is 0 Å². The zero-order valence-electron chi connectivity index (χ0n) is 10.4. The summed E-state index contributed by atoms with van der Waals surface area (Å²) in [4.78, 5) is 11.2. The average Bonchev–Trinajstić information content (AvgIpc) is 2.60. The summed E-state index contributed by atoms with van der Waals surface area (Å²) >= 11 is 1.48. The van der Waals surface area contributed by atoms with Crippen LogP contribution in [0.4, 0.5) is 0 Å². The molecule has 0 aliphatic rings. The van der Waals surface area contributed by atoms with E-state index in [1.807, 2.05) is 13.8 Å². The molecule has 0 saturated heterocycles. The molecule has 0 bridgehead atoms. The largest absolute Gasteiger partial charge is 0.343 e. The molecule has 0 saturated carbocycles. The van der Waals surface area contributed by atoms with Crippen LogP contribution in [0.5, 0.6) is 0 Å². The third-order valence-electron chi connectivity index (χ3n) is 2.64. The SMILES string of the molecule is CNC(C)(C#N)CC(C)Sc1n[nH]c(=O)n1C. The molecule has 0 radical (unpaired) electrons. The van der Waals surface area contributed by atoms with Crippen molar-refractivity contribution in [2.24, 2.45) is 7.05 Å². The molecule has 0 aliphatic heterocycles. The van der Waals surface area contributed by atoms with Crippen molar-refractivity contribution in [3.63, 3.8) is 0 Å². The quantitative estimate of drug-likeness (QED) is 0.747. The number of nitrogens with zero attached hydrogens (tertiary/aromatic N) is 3. The van der Waals surface area contributed by atoms with Gasteiger partial charge in [-0.05, 0) is 20.4 Å². The number of hydrogen-bond acceptors (Lipinski definition) is 5. The van der Waals surface area contributed by atoms with Gasteiger partial charge in [-0.2, -0.15) is 5.26 Å². The molecule has 1 aromatic heterocycles.